The van der Waals surface area contributed by atoms with Gasteiger partial charge in [-0.25, -0.2) is 22.9 Å². The van der Waals surface area contributed by atoms with Crippen LogP contribution in [0.4, 0.5) is 4.39 Å². The van der Waals surface area contributed by atoms with Gasteiger partial charge in [-0.3, -0.25) is 0 Å². The molecule has 0 bridgehead atoms. The molecule has 25 heavy (non-hydrogen) atoms. The molecule has 4 nitrogen and oxygen atoms in total. The average molecular weight is 376 g/mol. The Bertz CT molecular complexity index is 1070. The van der Waals surface area contributed by atoms with Gasteiger partial charge >= 0.3 is 0 Å². The van der Waals surface area contributed by atoms with E-state index in [0.717, 1.165) is 20.8 Å². The number of thiazole rings is 1. The van der Waals surface area contributed by atoms with Crippen molar-refractivity contribution in [2.75, 3.05) is 0 Å². The molecule has 4 rings (SSSR count). The van der Waals surface area contributed by atoms with Crippen LogP contribution >= 0.6 is 11.3 Å². The standard InChI is InChI=1S/C18H17FN2O2S2/c1-18(2)15(10-3-6-12(7-4-10)25(20,22)23)16(18)17-21-13-8-5-11(19)9-14(13)24-17/h3-9,15-16H,1-2H3,(H2,20,22,23)/t15-,16+/m0/s1. The van der Waals surface area contributed by atoms with Crippen molar-refractivity contribution in [2.24, 2.45) is 10.6 Å². The third-order valence-corrected chi connectivity index (χ3v) is 7.06. The first-order valence-corrected chi connectivity index (χ1v) is 10.2. The van der Waals surface area contributed by atoms with Crippen LogP contribution in [-0.2, 0) is 10.0 Å². The van der Waals surface area contributed by atoms with Gasteiger partial charge in [-0.15, -0.1) is 11.3 Å². The first kappa shape index (κ1) is 16.6. The summed E-state index contributed by atoms with van der Waals surface area (Å²) in [5.74, 6) is 0.216. The molecule has 0 spiro atoms. The Kier molecular flexibility index (Phi) is 3.55. The molecule has 1 aliphatic carbocycles. The molecular weight excluding hydrogens is 359 g/mol. The predicted molar refractivity (Wildman–Crippen MR) is 96.7 cm³/mol. The first-order valence-electron chi connectivity index (χ1n) is 7.87. The van der Waals surface area contributed by atoms with Crippen molar-refractivity contribution >= 4 is 31.6 Å². The van der Waals surface area contributed by atoms with E-state index in [9.17, 15) is 12.8 Å². The molecule has 2 aromatic carbocycles. The van der Waals surface area contributed by atoms with E-state index in [1.807, 2.05) is 12.1 Å². The molecule has 3 aromatic rings. The van der Waals surface area contributed by atoms with Crippen LogP contribution in [0, 0.1) is 11.2 Å². The highest BCUT2D eigenvalue weighted by Gasteiger charge is 2.60. The molecule has 1 fully saturated rings. The van der Waals surface area contributed by atoms with E-state index >= 15 is 0 Å². The minimum atomic E-state index is -3.69. The van der Waals surface area contributed by atoms with Crippen molar-refractivity contribution in [3.05, 3.63) is 58.9 Å². The number of rotatable bonds is 3. The lowest BCUT2D eigenvalue weighted by atomic mass is 10.0. The number of aromatic nitrogens is 1. The maximum atomic E-state index is 13.4. The zero-order valence-electron chi connectivity index (χ0n) is 13.7. The van der Waals surface area contributed by atoms with E-state index in [1.165, 1.54) is 23.5 Å². The molecule has 1 heterocycles. The second-order valence-corrected chi connectivity index (χ2v) is 9.68. The SMILES string of the molecule is CC1(C)[C@@H](c2ccc(S(N)(=O)=O)cc2)[C@@H]1c1nc2ccc(F)cc2s1. The summed E-state index contributed by atoms with van der Waals surface area (Å²) in [6, 6.07) is 11.4. The molecule has 1 aromatic heterocycles. The quantitative estimate of drug-likeness (QED) is 0.751. The Morgan fingerprint density at radius 2 is 1.80 bits per heavy atom. The molecule has 2 atom stereocenters. The van der Waals surface area contributed by atoms with Crippen molar-refractivity contribution in [1.29, 1.82) is 0 Å². The number of benzene rings is 2. The van der Waals surface area contributed by atoms with Crippen LogP contribution < -0.4 is 5.14 Å². The molecule has 7 heteroatoms. The molecule has 0 radical (unpaired) electrons. The van der Waals surface area contributed by atoms with Gasteiger partial charge < -0.3 is 0 Å². The fourth-order valence-electron chi connectivity index (χ4n) is 3.63. The van der Waals surface area contributed by atoms with E-state index in [4.69, 9.17) is 5.14 Å². The predicted octanol–water partition coefficient (Wildman–Crippen LogP) is 3.99. The lowest BCUT2D eigenvalue weighted by molar-refractivity contribution is 0.597. The van der Waals surface area contributed by atoms with E-state index in [2.05, 4.69) is 18.8 Å². The highest BCUT2D eigenvalue weighted by molar-refractivity contribution is 7.89. The third kappa shape index (κ3) is 2.76. The largest absolute Gasteiger partial charge is 0.241 e. The number of hydrogen-bond donors (Lipinski definition) is 1. The zero-order chi connectivity index (χ0) is 18.0. The maximum Gasteiger partial charge on any atom is 0.238 e. The van der Waals surface area contributed by atoms with Crippen molar-refractivity contribution in [3.63, 3.8) is 0 Å². The van der Waals surface area contributed by atoms with Crippen LogP contribution in [0.15, 0.2) is 47.4 Å². The van der Waals surface area contributed by atoms with E-state index in [0.29, 0.717) is 0 Å². The molecule has 0 unspecified atom stereocenters. The fraction of sp³-hybridized carbons (Fsp3) is 0.278. The second-order valence-electron chi connectivity index (χ2n) is 7.05. The normalized spacial score (nSPS) is 22.2. The Hall–Kier alpha value is -1.83. The minimum Gasteiger partial charge on any atom is -0.241 e. The summed E-state index contributed by atoms with van der Waals surface area (Å²) < 4.78 is 37.1. The summed E-state index contributed by atoms with van der Waals surface area (Å²) >= 11 is 1.52. The molecule has 2 N–H and O–H groups in total. The van der Waals surface area contributed by atoms with Gasteiger partial charge in [0.25, 0.3) is 0 Å². The molecule has 130 valence electrons. The van der Waals surface area contributed by atoms with Crippen molar-refractivity contribution in [3.8, 4) is 0 Å². The third-order valence-electron chi connectivity index (χ3n) is 5.03. The van der Waals surface area contributed by atoms with Crippen LogP contribution in [0.5, 0.6) is 0 Å². The van der Waals surface area contributed by atoms with Crippen LogP contribution in [0.3, 0.4) is 0 Å². The van der Waals surface area contributed by atoms with E-state index < -0.39 is 10.0 Å². The Morgan fingerprint density at radius 3 is 2.44 bits per heavy atom. The molecule has 0 amide bonds. The van der Waals surface area contributed by atoms with E-state index in [-0.39, 0.29) is 28.0 Å². The van der Waals surface area contributed by atoms with Crippen molar-refractivity contribution < 1.29 is 12.8 Å². The maximum absolute atomic E-state index is 13.4. The van der Waals surface area contributed by atoms with Gasteiger partial charge in [-0.2, -0.15) is 0 Å². The summed E-state index contributed by atoms with van der Waals surface area (Å²) in [5.41, 5.74) is 1.88. The van der Waals surface area contributed by atoms with Gasteiger partial charge in [0, 0.05) is 5.92 Å². The first-order chi connectivity index (χ1) is 11.7. The van der Waals surface area contributed by atoms with Crippen molar-refractivity contribution in [2.45, 2.75) is 30.6 Å². The number of hydrogen-bond acceptors (Lipinski definition) is 4. The monoisotopic (exact) mass is 376 g/mol. The smallest absolute Gasteiger partial charge is 0.238 e. The molecule has 1 aliphatic rings. The Balaban J connectivity index is 1.69. The number of primary sulfonamides is 1. The zero-order valence-corrected chi connectivity index (χ0v) is 15.4. The number of fused-ring (bicyclic) bond motifs is 1. The number of nitrogens with zero attached hydrogens (tertiary/aromatic N) is 1. The second kappa shape index (κ2) is 5.33. The topological polar surface area (TPSA) is 73.1 Å². The summed E-state index contributed by atoms with van der Waals surface area (Å²) in [4.78, 5) is 4.79. The Labute approximate surface area is 149 Å². The summed E-state index contributed by atoms with van der Waals surface area (Å²) in [6.45, 7) is 4.34. The van der Waals surface area contributed by atoms with Gasteiger partial charge in [0.1, 0.15) is 5.82 Å². The lowest BCUT2D eigenvalue weighted by Crippen LogP contribution is -2.11. The van der Waals surface area contributed by atoms with Crippen molar-refractivity contribution in [1.82, 2.24) is 4.98 Å². The lowest BCUT2D eigenvalue weighted by Gasteiger charge is -2.04. The van der Waals surface area contributed by atoms with Gasteiger partial charge in [0.15, 0.2) is 0 Å². The number of halogens is 1. The minimum absolute atomic E-state index is 0.00945. The molecule has 0 saturated heterocycles. The van der Waals surface area contributed by atoms with Gasteiger partial charge in [0.05, 0.1) is 20.1 Å². The Morgan fingerprint density at radius 1 is 1.12 bits per heavy atom. The highest BCUT2D eigenvalue weighted by atomic mass is 32.2. The van der Waals surface area contributed by atoms with Crippen LogP contribution in [0.1, 0.15) is 36.3 Å². The number of nitrogens with two attached hydrogens (primary N) is 1. The summed E-state index contributed by atoms with van der Waals surface area (Å²) in [7, 11) is -3.69. The average Bonchev–Trinajstić information content (AvgIpc) is 2.89. The van der Waals surface area contributed by atoms with Crippen LogP contribution in [0.2, 0.25) is 0 Å². The highest BCUT2D eigenvalue weighted by Crippen LogP contribution is 2.70. The molecule has 0 aliphatic heterocycles. The summed E-state index contributed by atoms with van der Waals surface area (Å²) in [5, 5.41) is 6.15. The fourth-order valence-corrected chi connectivity index (χ4v) is 5.48. The van der Waals surface area contributed by atoms with E-state index in [1.54, 1.807) is 18.2 Å². The molecule has 1 saturated carbocycles. The van der Waals surface area contributed by atoms with Crippen LogP contribution in [0.25, 0.3) is 10.2 Å². The molecular formula is C18H17FN2O2S2. The number of sulfonamides is 1. The van der Waals surface area contributed by atoms with Gasteiger partial charge in [-0.1, -0.05) is 26.0 Å². The van der Waals surface area contributed by atoms with Crippen LogP contribution in [-0.4, -0.2) is 13.4 Å². The van der Waals surface area contributed by atoms with Gasteiger partial charge in [-0.05, 0) is 47.2 Å². The van der Waals surface area contributed by atoms with Gasteiger partial charge in [0.2, 0.25) is 10.0 Å². The summed E-state index contributed by atoms with van der Waals surface area (Å²) in [6.07, 6.45) is 0.